The highest BCUT2D eigenvalue weighted by atomic mass is 32.2. The number of nitrogens with zero attached hydrogens (tertiary/aromatic N) is 1. The van der Waals surface area contributed by atoms with E-state index in [4.69, 9.17) is 4.74 Å². The third kappa shape index (κ3) is 4.60. The number of carbonyl (C=O) groups is 1. The van der Waals surface area contributed by atoms with Crippen molar-refractivity contribution in [1.29, 1.82) is 0 Å². The summed E-state index contributed by atoms with van der Waals surface area (Å²) in [6.07, 6.45) is 7.50. The standard InChI is InChI=1S/C27H34N2O4S/c1-20-9-11-22(12-10-20)34(31,32)29-17-13-21(14-18-29)26(30)28-24-19-27(15-5-2-6-16-27)33-25-8-4-3-7-23(24)25/h3-4,7-12,21,24H,2,5-6,13-19H2,1H3,(H,28,30)/t24-/m0/s1. The van der Waals surface area contributed by atoms with Gasteiger partial charge in [0.1, 0.15) is 11.4 Å². The summed E-state index contributed by atoms with van der Waals surface area (Å²) < 4.78 is 34.0. The number of fused-ring (bicyclic) bond motifs is 1. The maximum Gasteiger partial charge on any atom is 0.243 e. The molecule has 5 rings (SSSR count). The molecule has 34 heavy (non-hydrogen) atoms. The van der Waals surface area contributed by atoms with Crippen LogP contribution in [0.25, 0.3) is 0 Å². The number of rotatable bonds is 4. The van der Waals surface area contributed by atoms with Crippen LogP contribution in [-0.2, 0) is 14.8 Å². The second-order valence-corrected chi connectivity index (χ2v) is 12.1. The largest absolute Gasteiger partial charge is 0.487 e. The Bertz CT molecular complexity index is 1130. The van der Waals surface area contributed by atoms with Crippen LogP contribution in [0.3, 0.4) is 0 Å². The van der Waals surface area contributed by atoms with Crippen LogP contribution in [0, 0.1) is 12.8 Å². The zero-order valence-electron chi connectivity index (χ0n) is 19.8. The van der Waals surface area contributed by atoms with Crippen molar-refractivity contribution in [3.8, 4) is 5.75 Å². The van der Waals surface area contributed by atoms with Gasteiger partial charge in [0.25, 0.3) is 0 Å². The van der Waals surface area contributed by atoms with Gasteiger partial charge in [0, 0.05) is 31.0 Å². The molecule has 1 atom stereocenters. The smallest absolute Gasteiger partial charge is 0.243 e. The van der Waals surface area contributed by atoms with Gasteiger partial charge in [0.05, 0.1) is 10.9 Å². The first-order valence-electron chi connectivity index (χ1n) is 12.5. The molecule has 0 bridgehead atoms. The van der Waals surface area contributed by atoms with Crippen molar-refractivity contribution in [2.45, 2.75) is 74.8 Å². The predicted molar refractivity (Wildman–Crippen MR) is 131 cm³/mol. The first-order valence-corrected chi connectivity index (χ1v) is 14.0. The number of amides is 1. The number of para-hydroxylation sites is 1. The number of aryl methyl sites for hydroxylation is 1. The molecule has 0 unspecified atom stereocenters. The molecular weight excluding hydrogens is 448 g/mol. The van der Waals surface area contributed by atoms with Crippen molar-refractivity contribution in [3.05, 3.63) is 59.7 Å². The minimum atomic E-state index is -3.53. The van der Waals surface area contributed by atoms with Crippen LogP contribution >= 0.6 is 0 Å². The van der Waals surface area contributed by atoms with Crippen molar-refractivity contribution < 1.29 is 17.9 Å². The molecule has 1 amide bonds. The first-order chi connectivity index (χ1) is 16.4. The number of benzene rings is 2. The van der Waals surface area contributed by atoms with E-state index in [9.17, 15) is 13.2 Å². The van der Waals surface area contributed by atoms with Gasteiger partial charge in [0.2, 0.25) is 15.9 Å². The summed E-state index contributed by atoms with van der Waals surface area (Å²) in [5.41, 5.74) is 1.89. The minimum absolute atomic E-state index is 0.0278. The van der Waals surface area contributed by atoms with Crippen LogP contribution in [0.15, 0.2) is 53.4 Å². The lowest BCUT2D eigenvalue weighted by molar-refractivity contribution is -0.127. The number of hydrogen-bond donors (Lipinski definition) is 1. The summed E-state index contributed by atoms with van der Waals surface area (Å²) in [6.45, 7) is 2.67. The van der Waals surface area contributed by atoms with Crippen LogP contribution in [0.2, 0.25) is 0 Å². The molecule has 1 saturated heterocycles. The highest BCUT2D eigenvalue weighted by molar-refractivity contribution is 7.89. The third-order valence-corrected chi connectivity index (χ3v) is 9.67. The maximum absolute atomic E-state index is 13.3. The quantitative estimate of drug-likeness (QED) is 0.683. The predicted octanol–water partition coefficient (Wildman–Crippen LogP) is 4.74. The van der Waals surface area contributed by atoms with E-state index in [1.165, 1.54) is 10.7 Å². The summed E-state index contributed by atoms with van der Waals surface area (Å²) in [5, 5.41) is 3.32. The Kier molecular flexibility index (Phi) is 6.42. The number of ether oxygens (including phenoxy) is 1. The molecule has 2 aromatic rings. The third-order valence-electron chi connectivity index (χ3n) is 7.76. The summed E-state index contributed by atoms with van der Waals surface area (Å²) in [4.78, 5) is 13.6. The van der Waals surface area contributed by atoms with Crippen LogP contribution in [0.1, 0.15) is 68.5 Å². The van der Waals surface area contributed by atoms with Gasteiger partial charge in [0.15, 0.2) is 0 Å². The van der Waals surface area contributed by atoms with Gasteiger partial charge in [-0.25, -0.2) is 8.42 Å². The number of hydrogen-bond acceptors (Lipinski definition) is 4. The number of carbonyl (C=O) groups excluding carboxylic acids is 1. The van der Waals surface area contributed by atoms with E-state index in [-0.39, 0.29) is 23.5 Å². The summed E-state index contributed by atoms with van der Waals surface area (Å²) in [6, 6.07) is 14.9. The van der Waals surface area contributed by atoms with Gasteiger partial charge in [-0.05, 0) is 63.6 Å². The molecule has 2 heterocycles. The van der Waals surface area contributed by atoms with Crippen LogP contribution < -0.4 is 10.1 Å². The van der Waals surface area contributed by atoms with E-state index < -0.39 is 10.0 Å². The Morgan fingerprint density at radius 1 is 1.00 bits per heavy atom. The van der Waals surface area contributed by atoms with Crippen molar-refractivity contribution in [3.63, 3.8) is 0 Å². The highest BCUT2D eigenvalue weighted by Crippen LogP contribution is 2.46. The van der Waals surface area contributed by atoms with Crippen LogP contribution in [0.5, 0.6) is 5.75 Å². The Labute approximate surface area is 202 Å². The van der Waals surface area contributed by atoms with E-state index in [1.807, 2.05) is 43.3 Å². The van der Waals surface area contributed by atoms with Gasteiger partial charge in [-0.2, -0.15) is 4.31 Å². The van der Waals surface area contributed by atoms with Gasteiger partial charge < -0.3 is 10.1 Å². The molecule has 2 aliphatic heterocycles. The Hall–Kier alpha value is -2.38. The Balaban J connectivity index is 1.25. The lowest BCUT2D eigenvalue weighted by atomic mass is 9.77. The van der Waals surface area contributed by atoms with E-state index in [0.29, 0.717) is 30.8 Å². The van der Waals surface area contributed by atoms with Crippen molar-refractivity contribution in [1.82, 2.24) is 9.62 Å². The van der Waals surface area contributed by atoms with Gasteiger partial charge >= 0.3 is 0 Å². The second kappa shape index (κ2) is 9.34. The molecule has 3 aliphatic rings. The molecule has 0 aromatic heterocycles. The summed E-state index contributed by atoms with van der Waals surface area (Å²) in [7, 11) is -3.53. The van der Waals surface area contributed by atoms with Crippen molar-refractivity contribution in [2.75, 3.05) is 13.1 Å². The molecule has 1 saturated carbocycles. The fourth-order valence-corrected chi connectivity index (χ4v) is 7.23. The van der Waals surface area contributed by atoms with Gasteiger partial charge in [-0.1, -0.05) is 42.3 Å². The molecule has 2 aromatic carbocycles. The molecule has 1 N–H and O–H groups in total. The topological polar surface area (TPSA) is 75.7 Å². The maximum atomic E-state index is 13.3. The molecule has 182 valence electrons. The van der Waals surface area contributed by atoms with Gasteiger partial charge in [-0.15, -0.1) is 0 Å². The molecule has 7 heteroatoms. The highest BCUT2D eigenvalue weighted by Gasteiger charge is 2.43. The first kappa shape index (κ1) is 23.4. The lowest BCUT2D eigenvalue weighted by Crippen LogP contribution is -2.48. The SMILES string of the molecule is Cc1ccc(S(=O)(=O)N2CCC(C(=O)N[C@H]3CC4(CCCCC4)Oc4ccccc43)CC2)cc1. The Morgan fingerprint density at radius 2 is 1.68 bits per heavy atom. The van der Waals surface area contributed by atoms with Crippen LogP contribution in [0.4, 0.5) is 0 Å². The summed E-state index contributed by atoms with van der Waals surface area (Å²) in [5.74, 6) is 0.738. The summed E-state index contributed by atoms with van der Waals surface area (Å²) >= 11 is 0. The number of piperidine rings is 1. The monoisotopic (exact) mass is 482 g/mol. The molecule has 6 nitrogen and oxygen atoms in total. The van der Waals surface area contributed by atoms with Crippen molar-refractivity contribution >= 4 is 15.9 Å². The molecule has 0 radical (unpaired) electrons. The zero-order valence-corrected chi connectivity index (χ0v) is 20.6. The van der Waals surface area contributed by atoms with E-state index in [1.54, 1.807) is 12.1 Å². The molecular formula is C27H34N2O4S. The lowest BCUT2D eigenvalue weighted by Gasteiger charge is -2.45. The number of nitrogens with one attached hydrogen (secondary N) is 1. The normalized spacial score (nSPS) is 23.1. The van der Waals surface area contributed by atoms with E-state index in [2.05, 4.69) is 5.32 Å². The second-order valence-electron chi connectivity index (χ2n) is 10.1. The molecule has 1 spiro atoms. The average molecular weight is 483 g/mol. The number of sulfonamides is 1. The molecule has 1 aliphatic carbocycles. The fourth-order valence-electron chi connectivity index (χ4n) is 5.76. The Morgan fingerprint density at radius 3 is 2.38 bits per heavy atom. The minimum Gasteiger partial charge on any atom is -0.487 e. The van der Waals surface area contributed by atoms with E-state index >= 15 is 0 Å². The van der Waals surface area contributed by atoms with Gasteiger partial charge in [-0.3, -0.25) is 4.79 Å². The van der Waals surface area contributed by atoms with Crippen molar-refractivity contribution in [2.24, 2.45) is 5.92 Å². The zero-order chi connectivity index (χ0) is 23.8. The van der Waals surface area contributed by atoms with Crippen LogP contribution in [-0.4, -0.2) is 37.3 Å². The van der Waals surface area contributed by atoms with E-state index in [0.717, 1.165) is 49.0 Å². The fraction of sp³-hybridized carbons (Fsp3) is 0.519. The average Bonchev–Trinajstić information content (AvgIpc) is 2.85. The molecule has 2 fully saturated rings.